The van der Waals surface area contributed by atoms with E-state index in [2.05, 4.69) is 17.2 Å². The Morgan fingerprint density at radius 1 is 1.06 bits per heavy atom. The number of nitrogens with one attached hydrogen (secondary N) is 1. The van der Waals surface area contributed by atoms with Crippen LogP contribution in [0.25, 0.3) is 10.9 Å². The molecule has 1 amide bonds. The molecule has 1 atom stereocenters. The van der Waals surface area contributed by atoms with Gasteiger partial charge in [0.2, 0.25) is 5.91 Å². The number of carbonyl (C=O) groups excluding carboxylic acids is 1. The predicted molar refractivity (Wildman–Crippen MR) is 121 cm³/mol. The van der Waals surface area contributed by atoms with Crippen LogP contribution in [0.5, 0.6) is 11.5 Å². The molecule has 0 aliphatic heterocycles. The summed E-state index contributed by atoms with van der Waals surface area (Å²) in [6.07, 6.45) is 3.20. The highest BCUT2D eigenvalue weighted by Gasteiger charge is 2.15. The molecule has 0 spiro atoms. The molecule has 0 bridgehead atoms. The second-order valence-electron chi connectivity index (χ2n) is 7.39. The molecule has 1 heterocycles. The van der Waals surface area contributed by atoms with Crippen LogP contribution in [0.1, 0.15) is 45.2 Å². The topological polar surface area (TPSA) is 82.5 Å². The highest BCUT2D eigenvalue weighted by Crippen LogP contribution is 2.31. The summed E-state index contributed by atoms with van der Waals surface area (Å²) in [5.41, 5.74) is 1.27. The summed E-state index contributed by atoms with van der Waals surface area (Å²) in [5.74, 6) is 1.10. The molecule has 3 aromatic rings. The van der Waals surface area contributed by atoms with Gasteiger partial charge in [-0.1, -0.05) is 32.0 Å². The third-order valence-electron chi connectivity index (χ3n) is 4.81. The van der Waals surface area contributed by atoms with E-state index in [1.807, 2.05) is 38.1 Å². The number of carbonyl (C=O) groups is 1. The quantitative estimate of drug-likeness (QED) is 0.536. The van der Waals surface area contributed by atoms with Gasteiger partial charge in [0.15, 0.2) is 11.5 Å². The van der Waals surface area contributed by atoms with Gasteiger partial charge in [0.05, 0.1) is 36.5 Å². The van der Waals surface area contributed by atoms with Crippen molar-refractivity contribution in [2.45, 2.75) is 46.2 Å². The molecular formula is C24H29N3O4. The third kappa shape index (κ3) is 5.63. The monoisotopic (exact) mass is 423 g/mol. The molecule has 0 saturated heterocycles. The van der Waals surface area contributed by atoms with Crippen molar-refractivity contribution < 1.29 is 14.3 Å². The van der Waals surface area contributed by atoms with E-state index in [-0.39, 0.29) is 24.1 Å². The lowest BCUT2D eigenvalue weighted by atomic mass is 10.1. The van der Waals surface area contributed by atoms with Gasteiger partial charge < -0.3 is 14.8 Å². The number of para-hydroxylation sites is 1. The molecule has 3 rings (SSSR count). The van der Waals surface area contributed by atoms with Gasteiger partial charge in [0.25, 0.3) is 5.56 Å². The van der Waals surface area contributed by atoms with E-state index in [4.69, 9.17) is 9.47 Å². The summed E-state index contributed by atoms with van der Waals surface area (Å²) < 4.78 is 12.9. The van der Waals surface area contributed by atoms with Crippen LogP contribution in [0.3, 0.4) is 0 Å². The van der Waals surface area contributed by atoms with Gasteiger partial charge in [-0.2, -0.15) is 0 Å². The van der Waals surface area contributed by atoms with Crippen LogP contribution in [0.2, 0.25) is 0 Å². The smallest absolute Gasteiger partial charge is 0.261 e. The van der Waals surface area contributed by atoms with Crippen LogP contribution in [0.4, 0.5) is 0 Å². The lowest BCUT2D eigenvalue weighted by Gasteiger charge is -2.18. The Labute approximate surface area is 182 Å². The average molecular weight is 424 g/mol. The van der Waals surface area contributed by atoms with Crippen molar-refractivity contribution in [3.05, 3.63) is 64.7 Å². The fourth-order valence-corrected chi connectivity index (χ4v) is 3.19. The number of amides is 1. The molecule has 0 fully saturated rings. The molecule has 31 heavy (non-hydrogen) atoms. The summed E-state index contributed by atoms with van der Waals surface area (Å²) in [5, 5.41) is 3.43. The maximum Gasteiger partial charge on any atom is 0.261 e. The first-order chi connectivity index (χ1) is 15.0. The summed E-state index contributed by atoms with van der Waals surface area (Å²) in [4.78, 5) is 29.5. The number of aromatic nitrogens is 2. The van der Waals surface area contributed by atoms with Crippen LogP contribution < -0.4 is 20.3 Å². The van der Waals surface area contributed by atoms with Gasteiger partial charge in [0, 0.05) is 0 Å². The summed E-state index contributed by atoms with van der Waals surface area (Å²) in [7, 11) is 0. The second kappa shape index (κ2) is 10.6. The molecule has 1 N–H and O–H groups in total. The number of rotatable bonds is 10. The van der Waals surface area contributed by atoms with E-state index in [0.717, 1.165) is 18.4 Å². The molecule has 0 aliphatic rings. The molecule has 1 aromatic heterocycles. The van der Waals surface area contributed by atoms with Crippen LogP contribution in [0.15, 0.2) is 53.6 Å². The molecular weight excluding hydrogens is 394 g/mol. The highest BCUT2D eigenvalue weighted by molar-refractivity contribution is 5.79. The van der Waals surface area contributed by atoms with Gasteiger partial charge in [-0.05, 0) is 49.6 Å². The summed E-state index contributed by atoms with van der Waals surface area (Å²) in [6.45, 7) is 7.09. The number of nitrogens with zero attached hydrogens (tertiary/aromatic N) is 2. The lowest BCUT2D eigenvalue weighted by Crippen LogP contribution is -2.34. The molecule has 2 aromatic carbocycles. The fourth-order valence-electron chi connectivity index (χ4n) is 3.19. The van der Waals surface area contributed by atoms with Crippen molar-refractivity contribution in [1.82, 2.24) is 14.9 Å². The first-order valence-electron chi connectivity index (χ1n) is 10.7. The van der Waals surface area contributed by atoms with Crippen molar-refractivity contribution in [3.63, 3.8) is 0 Å². The molecule has 0 unspecified atom stereocenters. The Morgan fingerprint density at radius 3 is 2.52 bits per heavy atom. The Kier molecular flexibility index (Phi) is 7.65. The fraction of sp³-hybridized carbons (Fsp3) is 0.375. The molecule has 7 nitrogen and oxygen atoms in total. The second-order valence-corrected chi connectivity index (χ2v) is 7.39. The van der Waals surface area contributed by atoms with Crippen LogP contribution in [-0.2, 0) is 11.3 Å². The Bertz CT molecular complexity index is 1090. The first-order valence-corrected chi connectivity index (χ1v) is 10.7. The molecule has 7 heteroatoms. The summed E-state index contributed by atoms with van der Waals surface area (Å²) >= 11 is 0. The van der Waals surface area contributed by atoms with E-state index in [1.165, 1.54) is 10.9 Å². The van der Waals surface area contributed by atoms with E-state index in [9.17, 15) is 9.59 Å². The zero-order valence-corrected chi connectivity index (χ0v) is 18.3. The number of fused-ring (bicyclic) bond motifs is 1. The molecule has 0 aliphatic carbocycles. The average Bonchev–Trinajstić information content (AvgIpc) is 2.78. The zero-order chi connectivity index (χ0) is 22.2. The largest absolute Gasteiger partial charge is 0.490 e. The number of benzene rings is 2. The molecule has 164 valence electrons. The van der Waals surface area contributed by atoms with Crippen molar-refractivity contribution in [1.29, 1.82) is 0 Å². The van der Waals surface area contributed by atoms with E-state index < -0.39 is 0 Å². The van der Waals surface area contributed by atoms with Crippen LogP contribution in [-0.4, -0.2) is 28.7 Å². The minimum atomic E-state index is -0.269. The molecule has 0 radical (unpaired) electrons. The lowest BCUT2D eigenvalue weighted by molar-refractivity contribution is -0.122. The predicted octanol–water partition coefficient (Wildman–Crippen LogP) is 3.85. The minimum absolute atomic E-state index is 0.0993. The maximum absolute atomic E-state index is 12.6. The Balaban J connectivity index is 1.71. The zero-order valence-electron chi connectivity index (χ0n) is 18.3. The van der Waals surface area contributed by atoms with Crippen molar-refractivity contribution in [3.8, 4) is 11.5 Å². The standard InChI is InChI=1S/C24H29N3O4/c1-4-12-30-21-11-10-18(14-22(21)31-13-5-2)17(3)26-23(28)15-27-16-25-20-9-7-6-8-19(20)24(27)29/h6-11,14,16-17H,4-5,12-13,15H2,1-3H3,(H,26,28)/t17-/m0/s1. The van der Waals surface area contributed by atoms with Gasteiger partial charge in [-0.3, -0.25) is 14.2 Å². The number of hydrogen-bond acceptors (Lipinski definition) is 5. The Hall–Kier alpha value is -3.35. The van der Waals surface area contributed by atoms with E-state index >= 15 is 0 Å². The summed E-state index contributed by atoms with van der Waals surface area (Å²) in [6, 6.07) is 12.5. The van der Waals surface area contributed by atoms with E-state index in [1.54, 1.807) is 18.2 Å². The first kappa shape index (κ1) is 22.3. The molecule has 0 saturated carbocycles. The Morgan fingerprint density at radius 2 is 1.77 bits per heavy atom. The van der Waals surface area contributed by atoms with Gasteiger partial charge >= 0.3 is 0 Å². The SMILES string of the molecule is CCCOc1ccc([C@H](C)NC(=O)Cn2cnc3ccccc3c2=O)cc1OCCC. The van der Waals surface area contributed by atoms with Crippen molar-refractivity contribution in [2.24, 2.45) is 0 Å². The third-order valence-corrected chi connectivity index (χ3v) is 4.81. The number of ether oxygens (including phenoxy) is 2. The van der Waals surface area contributed by atoms with Crippen molar-refractivity contribution >= 4 is 16.8 Å². The van der Waals surface area contributed by atoms with Gasteiger partial charge in [0.1, 0.15) is 6.54 Å². The van der Waals surface area contributed by atoms with Crippen LogP contribution in [0, 0.1) is 0 Å². The minimum Gasteiger partial charge on any atom is -0.490 e. The van der Waals surface area contributed by atoms with Gasteiger partial charge in [-0.25, -0.2) is 4.98 Å². The maximum atomic E-state index is 12.6. The van der Waals surface area contributed by atoms with Gasteiger partial charge in [-0.15, -0.1) is 0 Å². The van der Waals surface area contributed by atoms with Crippen LogP contribution >= 0.6 is 0 Å². The van der Waals surface area contributed by atoms with Crippen molar-refractivity contribution in [2.75, 3.05) is 13.2 Å². The highest BCUT2D eigenvalue weighted by atomic mass is 16.5. The normalized spacial score (nSPS) is 11.8. The van der Waals surface area contributed by atoms with E-state index in [0.29, 0.717) is 35.6 Å². The number of hydrogen-bond donors (Lipinski definition) is 1.